The Labute approximate surface area is 182 Å². The molecule has 0 fully saturated rings. The third-order valence-electron chi connectivity index (χ3n) is 4.79. The van der Waals surface area contributed by atoms with Crippen molar-refractivity contribution in [3.8, 4) is 5.75 Å². The molecule has 0 spiro atoms. The van der Waals surface area contributed by atoms with E-state index in [1.165, 1.54) is 5.56 Å². The molecule has 1 atom stereocenters. The molecule has 0 aliphatic carbocycles. The highest BCUT2D eigenvalue weighted by molar-refractivity contribution is 6.30. The fraction of sp³-hybridized carbons (Fsp3) is 0.240. The minimum atomic E-state index is -0.911. The largest absolute Gasteiger partial charge is 0.484 e. The minimum absolute atomic E-state index is 0.0560. The number of ether oxygens (including phenoxy) is 1. The van der Waals surface area contributed by atoms with Crippen molar-refractivity contribution in [2.24, 2.45) is 0 Å². The molecule has 0 unspecified atom stereocenters. The third-order valence-corrected chi connectivity index (χ3v) is 5.02. The van der Waals surface area contributed by atoms with Gasteiger partial charge in [-0.15, -0.1) is 0 Å². The van der Waals surface area contributed by atoms with E-state index >= 15 is 0 Å². The first kappa shape index (κ1) is 21.9. The van der Waals surface area contributed by atoms with E-state index in [1.807, 2.05) is 54.6 Å². The van der Waals surface area contributed by atoms with Gasteiger partial charge < -0.3 is 15.2 Å². The second kappa shape index (κ2) is 9.33. The maximum atomic E-state index is 12.5. The zero-order valence-corrected chi connectivity index (χ0v) is 18.1. The first-order valence-corrected chi connectivity index (χ1v) is 10.2. The SMILES string of the molecule is CC(C)(C)c1ccc(OCC(=O)Nc2ccc(Cl)cc2[C@H](O)c2ccccc2)cc1. The van der Waals surface area contributed by atoms with Gasteiger partial charge in [0.25, 0.3) is 5.91 Å². The fourth-order valence-electron chi connectivity index (χ4n) is 3.07. The average Bonchev–Trinajstić information content (AvgIpc) is 2.73. The molecule has 4 nitrogen and oxygen atoms in total. The number of nitrogens with one attached hydrogen (secondary N) is 1. The monoisotopic (exact) mass is 423 g/mol. The maximum absolute atomic E-state index is 12.5. The fourth-order valence-corrected chi connectivity index (χ4v) is 3.26. The van der Waals surface area contributed by atoms with Crippen LogP contribution < -0.4 is 10.1 Å². The highest BCUT2D eigenvalue weighted by Gasteiger charge is 2.17. The van der Waals surface area contributed by atoms with Gasteiger partial charge >= 0.3 is 0 Å². The standard InChI is InChI=1S/C25H26ClNO3/c1-25(2,3)18-9-12-20(13-10-18)30-16-23(28)27-22-14-11-19(26)15-21(22)24(29)17-7-5-4-6-8-17/h4-15,24,29H,16H2,1-3H3,(H,27,28)/t24-/m1/s1. The summed E-state index contributed by atoms with van der Waals surface area (Å²) in [5.74, 6) is 0.303. The van der Waals surface area contributed by atoms with E-state index in [4.69, 9.17) is 16.3 Å². The number of amides is 1. The Kier molecular flexibility index (Phi) is 6.80. The van der Waals surface area contributed by atoms with E-state index in [9.17, 15) is 9.90 Å². The van der Waals surface area contributed by atoms with Crippen LogP contribution in [0.4, 0.5) is 5.69 Å². The van der Waals surface area contributed by atoms with Crippen molar-refractivity contribution in [2.75, 3.05) is 11.9 Å². The van der Waals surface area contributed by atoms with Gasteiger partial charge in [-0.2, -0.15) is 0 Å². The van der Waals surface area contributed by atoms with E-state index in [1.54, 1.807) is 18.2 Å². The van der Waals surface area contributed by atoms with E-state index in [2.05, 4.69) is 26.1 Å². The molecule has 0 aliphatic rings. The lowest BCUT2D eigenvalue weighted by atomic mass is 9.87. The molecule has 156 valence electrons. The summed E-state index contributed by atoms with van der Waals surface area (Å²) in [5, 5.41) is 14.1. The highest BCUT2D eigenvalue weighted by Crippen LogP contribution is 2.31. The number of carbonyl (C=O) groups excluding carboxylic acids is 1. The summed E-state index contributed by atoms with van der Waals surface area (Å²) in [6, 6.07) is 21.9. The van der Waals surface area contributed by atoms with Crippen LogP contribution in [-0.4, -0.2) is 17.6 Å². The number of hydrogen-bond acceptors (Lipinski definition) is 3. The number of aliphatic hydroxyl groups excluding tert-OH is 1. The van der Waals surface area contributed by atoms with E-state index in [0.29, 0.717) is 27.6 Å². The van der Waals surface area contributed by atoms with Gasteiger partial charge in [-0.25, -0.2) is 0 Å². The van der Waals surface area contributed by atoms with Gasteiger partial charge in [-0.3, -0.25) is 4.79 Å². The number of hydrogen-bond donors (Lipinski definition) is 2. The van der Waals surface area contributed by atoms with Crippen LogP contribution in [-0.2, 0) is 10.2 Å². The second-order valence-corrected chi connectivity index (χ2v) is 8.59. The number of anilines is 1. The van der Waals surface area contributed by atoms with Crippen molar-refractivity contribution in [3.63, 3.8) is 0 Å². The van der Waals surface area contributed by atoms with Gasteiger partial charge in [0.05, 0.1) is 0 Å². The average molecular weight is 424 g/mol. The molecule has 5 heteroatoms. The first-order valence-electron chi connectivity index (χ1n) is 9.80. The summed E-state index contributed by atoms with van der Waals surface area (Å²) in [6.07, 6.45) is -0.911. The second-order valence-electron chi connectivity index (χ2n) is 8.16. The first-order chi connectivity index (χ1) is 14.2. The Morgan fingerprint density at radius 1 is 1.03 bits per heavy atom. The molecule has 0 bridgehead atoms. The van der Waals surface area contributed by atoms with Crippen LogP contribution in [0.3, 0.4) is 0 Å². The maximum Gasteiger partial charge on any atom is 0.262 e. The summed E-state index contributed by atoms with van der Waals surface area (Å²) >= 11 is 6.12. The van der Waals surface area contributed by atoms with Crippen molar-refractivity contribution >= 4 is 23.2 Å². The Morgan fingerprint density at radius 3 is 2.33 bits per heavy atom. The van der Waals surface area contributed by atoms with Gasteiger partial charge in [0.1, 0.15) is 11.9 Å². The van der Waals surface area contributed by atoms with Crippen molar-refractivity contribution < 1.29 is 14.6 Å². The molecule has 0 heterocycles. The summed E-state index contributed by atoms with van der Waals surface area (Å²) in [4.78, 5) is 12.5. The van der Waals surface area contributed by atoms with Crippen LogP contribution in [0.5, 0.6) is 5.75 Å². The molecule has 3 aromatic rings. The van der Waals surface area contributed by atoms with E-state index in [-0.39, 0.29) is 17.9 Å². The number of halogens is 1. The molecule has 30 heavy (non-hydrogen) atoms. The molecule has 2 N–H and O–H groups in total. The summed E-state index contributed by atoms with van der Waals surface area (Å²) in [5.41, 5.74) is 2.98. The van der Waals surface area contributed by atoms with Crippen molar-refractivity contribution in [1.29, 1.82) is 0 Å². The molecular formula is C25H26ClNO3. The lowest BCUT2D eigenvalue weighted by Gasteiger charge is -2.19. The predicted octanol–water partition coefficient (Wildman–Crippen LogP) is 5.74. The Bertz CT molecular complexity index is 995. The number of rotatable bonds is 6. The quantitative estimate of drug-likeness (QED) is 0.531. The predicted molar refractivity (Wildman–Crippen MR) is 121 cm³/mol. The van der Waals surface area contributed by atoms with Gasteiger partial charge in [-0.1, -0.05) is 74.8 Å². The van der Waals surface area contributed by atoms with Gasteiger partial charge in [0.2, 0.25) is 0 Å². The molecule has 1 amide bonds. The molecule has 3 rings (SSSR count). The van der Waals surface area contributed by atoms with E-state index in [0.717, 1.165) is 0 Å². The number of carbonyl (C=O) groups is 1. The summed E-state index contributed by atoms with van der Waals surface area (Å²) < 4.78 is 5.62. The van der Waals surface area contributed by atoms with Crippen LogP contribution in [0.25, 0.3) is 0 Å². The zero-order valence-electron chi connectivity index (χ0n) is 17.4. The number of benzene rings is 3. The molecule has 0 aromatic heterocycles. The van der Waals surface area contributed by atoms with Crippen LogP contribution in [0.1, 0.15) is 43.6 Å². The lowest BCUT2D eigenvalue weighted by Crippen LogP contribution is -2.21. The van der Waals surface area contributed by atoms with Crippen molar-refractivity contribution in [3.05, 3.63) is 94.5 Å². The summed E-state index contributed by atoms with van der Waals surface area (Å²) in [7, 11) is 0. The molecule has 0 aliphatic heterocycles. The highest BCUT2D eigenvalue weighted by atomic mass is 35.5. The smallest absolute Gasteiger partial charge is 0.262 e. The Morgan fingerprint density at radius 2 is 1.70 bits per heavy atom. The van der Waals surface area contributed by atoms with Gasteiger partial charge in [-0.05, 0) is 46.9 Å². The molecule has 0 saturated carbocycles. The van der Waals surface area contributed by atoms with Crippen LogP contribution in [0, 0.1) is 0 Å². The van der Waals surface area contributed by atoms with Crippen LogP contribution in [0.2, 0.25) is 5.02 Å². The van der Waals surface area contributed by atoms with Crippen molar-refractivity contribution in [2.45, 2.75) is 32.3 Å². The molecule has 0 saturated heterocycles. The lowest BCUT2D eigenvalue weighted by molar-refractivity contribution is -0.118. The van der Waals surface area contributed by atoms with Crippen molar-refractivity contribution in [1.82, 2.24) is 0 Å². The normalized spacial score (nSPS) is 12.3. The zero-order chi connectivity index (χ0) is 21.7. The molecular weight excluding hydrogens is 398 g/mol. The summed E-state index contributed by atoms with van der Waals surface area (Å²) in [6.45, 7) is 6.29. The van der Waals surface area contributed by atoms with Crippen LogP contribution >= 0.6 is 11.6 Å². The molecule has 3 aromatic carbocycles. The van der Waals surface area contributed by atoms with E-state index < -0.39 is 6.10 Å². The van der Waals surface area contributed by atoms with Crippen LogP contribution in [0.15, 0.2) is 72.8 Å². The number of aliphatic hydroxyl groups is 1. The Hall–Kier alpha value is -2.82. The third kappa shape index (κ3) is 5.62. The Balaban J connectivity index is 1.68. The van der Waals surface area contributed by atoms with Gasteiger partial charge in [0, 0.05) is 16.3 Å². The molecule has 0 radical (unpaired) electrons. The minimum Gasteiger partial charge on any atom is -0.484 e. The topological polar surface area (TPSA) is 58.6 Å². The van der Waals surface area contributed by atoms with Gasteiger partial charge in [0.15, 0.2) is 6.61 Å².